The molecule has 1 aromatic rings. The molecule has 0 aliphatic heterocycles. The number of benzene rings is 1. The Bertz CT molecular complexity index is 350. The van der Waals surface area contributed by atoms with Gasteiger partial charge in [0.1, 0.15) is 0 Å². The van der Waals surface area contributed by atoms with Gasteiger partial charge in [-0.2, -0.15) is 0 Å². The summed E-state index contributed by atoms with van der Waals surface area (Å²) in [5, 5.41) is 9.76. The molecule has 1 atom stereocenters. The van der Waals surface area contributed by atoms with Gasteiger partial charge in [-0.3, -0.25) is 4.79 Å². The zero-order valence-corrected chi connectivity index (χ0v) is 10.2. The number of aliphatic carboxylic acids is 1. The van der Waals surface area contributed by atoms with Gasteiger partial charge in [0, 0.05) is 5.02 Å². The van der Waals surface area contributed by atoms with Crippen molar-refractivity contribution in [3.8, 4) is 0 Å². The number of carboxylic acid groups (broad SMARTS) is 1. The lowest BCUT2D eigenvalue weighted by atomic mass is 9.94. The number of carboxylic acids is 1. The van der Waals surface area contributed by atoms with Crippen molar-refractivity contribution in [3.05, 3.63) is 34.9 Å². The van der Waals surface area contributed by atoms with Crippen LogP contribution in [0.1, 0.15) is 31.7 Å². The van der Waals surface area contributed by atoms with Crippen LogP contribution in [0.4, 0.5) is 0 Å². The van der Waals surface area contributed by atoms with Crippen molar-refractivity contribution >= 4 is 17.6 Å². The molecule has 0 aromatic heterocycles. The molecule has 88 valence electrons. The van der Waals surface area contributed by atoms with Gasteiger partial charge in [-0.05, 0) is 30.5 Å². The monoisotopic (exact) mass is 240 g/mol. The third kappa shape index (κ3) is 4.23. The maximum atomic E-state index is 11.1. The van der Waals surface area contributed by atoms with Crippen LogP contribution in [0.5, 0.6) is 0 Å². The lowest BCUT2D eigenvalue weighted by Crippen LogP contribution is -2.16. The first-order valence-electron chi connectivity index (χ1n) is 5.60. The van der Waals surface area contributed by atoms with Crippen LogP contribution in [-0.4, -0.2) is 11.1 Å². The Balaban J connectivity index is 2.64. The molecule has 1 rings (SSSR count). The van der Waals surface area contributed by atoms with Crippen LogP contribution >= 0.6 is 11.6 Å². The fraction of sp³-hybridized carbons (Fsp3) is 0.462. The van der Waals surface area contributed by atoms with Crippen molar-refractivity contribution in [2.24, 2.45) is 5.92 Å². The highest BCUT2D eigenvalue weighted by Gasteiger charge is 2.17. The normalized spacial score (nSPS) is 12.4. The molecule has 0 bridgehead atoms. The van der Waals surface area contributed by atoms with Gasteiger partial charge in [0.25, 0.3) is 0 Å². The van der Waals surface area contributed by atoms with Gasteiger partial charge in [-0.15, -0.1) is 0 Å². The lowest BCUT2D eigenvalue weighted by Gasteiger charge is -2.11. The van der Waals surface area contributed by atoms with Gasteiger partial charge in [-0.1, -0.05) is 43.5 Å². The Hall–Kier alpha value is -1.02. The number of hydrogen-bond acceptors (Lipinski definition) is 1. The van der Waals surface area contributed by atoms with E-state index in [2.05, 4.69) is 6.92 Å². The van der Waals surface area contributed by atoms with Crippen LogP contribution in [0.3, 0.4) is 0 Å². The molecule has 0 heterocycles. The van der Waals surface area contributed by atoms with Crippen molar-refractivity contribution < 1.29 is 9.90 Å². The number of rotatable bonds is 6. The van der Waals surface area contributed by atoms with E-state index in [4.69, 9.17) is 16.7 Å². The van der Waals surface area contributed by atoms with Crippen LogP contribution in [0, 0.1) is 5.92 Å². The minimum atomic E-state index is -0.714. The molecule has 0 aliphatic rings. The molecular weight excluding hydrogens is 224 g/mol. The molecule has 2 nitrogen and oxygen atoms in total. The van der Waals surface area contributed by atoms with Crippen molar-refractivity contribution in [2.75, 3.05) is 0 Å². The van der Waals surface area contributed by atoms with Gasteiger partial charge in [0.15, 0.2) is 0 Å². The van der Waals surface area contributed by atoms with Crippen LogP contribution in [0.2, 0.25) is 5.02 Å². The SMILES string of the molecule is CCCCC(Cc1cccc(Cl)c1)C(=O)O. The predicted molar refractivity (Wildman–Crippen MR) is 65.8 cm³/mol. The number of halogens is 1. The Morgan fingerprint density at radius 2 is 2.25 bits per heavy atom. The third-order valence-electron chi connectivity index (χ3n) is 2.63. The average Bonchev–Trinajstić information content (AvgIpc) is 2.24. The Morgan fingerprint density at radius 3 is 2.81 bits per heavy atom. The standard InChI is InChI=1S/C13H17ClO2/c1-2-3-6-11(13(15)16)8-10-5-4-7-12(14)9-10/h4-5,7,9,11H,2-3,6,8H2,1H3,(H,15,16). The van der Waals surface area contributed by atoms with Crippen LogP contribution in [0.25, 0.3) is 0 Å². The van der Waals surface area contributed by atoms with E-state index in [1.807, 2.05) is 18.2 Å². The third-order valence-corrected chi connectivity index (χ3v) is 2.86. The number of unbranched alkanes of at least 4 members (excludes halogenated alkanes) is 1. The van der Waals surface area contributed by atoms with Gasteiger partial charge in [-0.25, -0.2) is 0 Å². The fourth-order valence-corrected chi connectivity index (χ4v) is 1.92. The lowest BCUT2D eigenvalue weighted by molar-refractivity contribution is -0.141. The molecule has 0 saturated heterocycles. The molecule has 0 amide bonds. The van der Waals surface area contributed by atoms with E-state index < -0.39 is 5.97 Å². The summed E-state index contributed by atoms with van der Waals surface area (Å²) in [7, 11) is 0. The molecule has 0 fully saturated rings. The summed E-state index contributed by atoms with van der Waals surface area (Å²) in [4.78, 5) is 11.1. The highest BCUT2D eigenvalue weighted by Crippen LogP contribution is 2.18. The molecule has 0 aliphatic carbocycles. The second kappa shape index (κ2) is 6.54. The van der Waals surface area contributed by atoms with Crippen LogP contribution in [-0.2, 0) is 11.2 Å². The van der Waals surface area contributed by atoms with E-state index in [0.29, 0.717) is 11.4 Å². The van der Waals surface area contributed by atoms with Crippen LogP contribution in [0.15, 0.2) is 24.3 Å². The summed E-state index contributed by atoms with van der Waals surface area (Å²) >= 11 is 5.86. The fourth-order valence-electron chi connectivity index (χ4n) is 1.71. The number of hydrogen-bond donors (Lipinski definition) is 1. The van der Waals surface area contributed by atoms with E-state index in [9.17, 15) is 4.79 Å². The molecule has 1 unspecified atom stereocenters. The van der Waals surface area contributed by atoms with E-state index >= 15 is 0 Å². The molecule has 3 heteroatoms. The quantitative estimate of drug-likeness (QED) is 0.822. The molecular formula is C13H17ClO2. The van der Waals surface area contributed by atoms with Crippen molar-refractivity contribution in [1.82, 2.24) is 0 Å². The molecule has 16 heavy (non-hydrogen) atoms. The largest absolute Gasteiger partial charge is 0.481 e. The second-order valence-corrected chi connectivity index (χ2v) is 4.45. The van der Waals surface area contributed by atoms with Crippen molar-refractivity contribution in [3.63, 3.8) is 0 Å². The maximum absolute atomic E-state index is 11.1. The molecule has 1 N–H and O–H groups in total. The first-order valence-corrected chi connectivity index (χ1v) is 5.98. The maximum Gasteiger partial charge on any atom is 0.306 e. The van der Waals surface area contributed by atoms with Gasteiger partial charge in [0.05, 0.1) is 5.92 Å². The summed E-state index contributed by atoms with van der Waals surface area (Å²) in [6, 6.07) is 7.42. The molecule has 1 aromatic carbocycles. The Morgan fingerprint density at radius 1 is 1.50 bits per heavy atom. The predicted octanol–water partition coefficient (Wildman–Crippen LogP) is 3.77. The highest BCUT2D eigenvalue weighted by atomic mass is 35.5. The first-order chi connectivity index (χ1) is 7.63. The molecule has 0 radical (unpaired) electrons. The number of carbonyl (C=O) groups is 1. The van der Waals surface area contributed by atoms with Gasteiger partial charge >= 0.3 is 5.97 Å². The summed E-state index contributed by atoms with van der Waals surface area (Å²) in [5.41, 5.74) is 0.996. The summed E-state index contributed by atoms with van der Waals surface area (Å²) in [6.07, 6.45) is 3.28. The summed E-state index contributed by atoms with van der Waals surface area (Å²) in [6.45, 7) is 2.07. The van der Waals surface area contributed by atoms with Crippen molar-refractivity contribution in [2.45, 2.75) is 32.6 Å². The Labute approximate surface area is 101 Å². The van der Waals surface area contributed by atoms with Crippen molar-refractivity contribution in [1.29, 1.82) is 0 Å². The van der Waals surface area contributed by atoms with Gasteiger partial charge < -0.3 is 5.11 Å². The van der Waals surface area contributed by atoms with E-state index in [1.54, 1.807) is 6.07 Å². The molecule has 0 saturated carbocycles. The van der Waals surface area contributed by atoms with Crippen LogP contribution < -0.4 is 0 Å². The minimum absolute atomic E-state index is 0.293. The van der Waals surface area contributed by atoms with E-state index in [1.165, 1.54) is 0 Å². The Kier molecular flexibility index (Phi) is 5.33. The second-order valence-electron chi connectivity index (χ2n) is 4.01. The highest BCUT2D eigenvalue weighted by molar-refractivity contribution is 6.30. The summed E-state index contributed by atoms with van der Waals surface area (Å²) in [5.74, 6) is -1.01. The smallest absolute Gasteiger partial charge is 0.306 e. The zero-order chi connectivity index (χ0) is 12.0. The summed E-state index contributed by atoms with van der Waals surface area (Å²) < 4.78 is 0. The van der Waals surface area contributed by atoms with Gasteiger partial charge in [0.2, 0.25) is 0 Å². The average molecular weight is 241 g/mol. The molecule has 0 spiro atoms. The van der Waals surface area contributed by atoms with E-state index in [-0.39, 0.29) is 5.92 Å². The first kappa shape index (κ1) is 13.0. The zero-order valence-electron chi connectivity index (χ0n) is 9.45. The minimum Gasteiger partial charge on any atom is -0.481 e. The van der Waals surface area contributed by atoms with E-state index in [0.717, 1.165) is 24.8 Å². The topological polar surface area (TPSA) is 37.3 Å².